The van der Waals surface area contributed by atoms with Crippen LogP contribution in [0.3, 0.4) is 0 Å². The number of para-hydroxylation sites is 2. The van der Waals surface area contributed by atoms with E-state index in [1.165, 1.54) is 5.56 Å². The maximum Gasteiger partial charge on any atom is 0.255 e. The number of ether oxygens (including phenoxy) is 1. The van der Waals surface area contributed by atoms with E-state index in [1.807, 2.05) is 97.1 Å². The normalized spacial score (nSPS) is 11.1. The highest BCUT2D eigenvalue weighted by atomic mass is 16.5. The van der Waals surface area contributed by atoms with Crippen LogP contribution in [-0.2, 0) is 11.2 Å². The van der Waals surface area contributed by atoms with E-state index >= 15 is 0 Å². The zero-order valence-electron chi connectivity index (χ0n) is 17.9. The number of benzene rings is 4. The zero-order chi connectivity index (χ0) is 22.2. The number of hydrogen-bond acceptors (Lipinski definition) is 3. The van der Waals surface area contributed by atoms with Crippen LogP contribution in [0.25, 0.3) is 0 Å². The number of aliphatic imine (C=N–C) groups is 1. The molecular formula is C28H24N2O2. The molecule has 0 atom stereocenters. The van der Waals surface area contributed by atoms with Crippen LogP contribution in [0.2, 0.25) is 0 Å². The molecule has 158 valence electrons. The molecule has 4 heteroatoms. The summed E-state index contributed by atoms with van der Waals surface area (Å²) >= 11 is 0. The van der Waals surface area contributed by atoms with Crippen LogP contribution in [0.15, 0.2) is 114 Å². The van der Waals surface area contributed by atoms with Gasteiger partial charge in [0.15, 0.2) is 0 Å². The van der Waals surface area contributed by atoms with Crippen LogP contribution >= 0.6 is 0 Å². The number of hydrogen-bond donors (Lipinski definition) is 1. The van der Waals surface area contributed by atoms with E-state index in [0.717, 1.165) is 28.9 Å². The highest BCUT2D eigenvalue weighted by Gasteiger charge is 2.07. The average Bonchev–Trinajstić information content (AvgIpc) is 2.85. The summed E-state index contributed by atoms with van der Waals surface area (Å²) in [5.74, 6) is 0.466. The van der Waals surface area contributed by atoms with Crippen molar-refractivity contribution in [1.29, 1.82) is 0 Å². The first kappa shape index (κ1) is 21.1. The third-order valence-corrected chi connectivity index (χ3v) is 5.04. The molecule has 0 saturated carbocycles. The molecule has 4 aromatic carbocycles. The molecule has 0 aliphatic heterocycles. The Balaban J connectivity index is 1.41. The first-order valence-electron chi connectivity index (χ1n) is 10.4. The van der Waals surface area contributed by atoms with Gasteiger partial charge < -0.3 is 10.1 Å². The van der Waals surface area contributed by atoms with Gasteiger partial charge in [0.05, 0.1) is 12.8 Å². The molecule has 0 fully saturated rings. The monoisotopic (exact) mass is 420 g/mol. The second kappa shape index (κ2) is 10.2. The Morgan fingerprint density at radius 2 is 1.25 bits per heavy atom. The minimum Gasteiger partial charge on any atom is -0.481 e. The fraction of sp³-hybridized carbons (Fsp3) is 0.0714. The lowest BCUT2D eigenvalue weighted by Gasteiger charge is -2.08. The van der Waals surface area contributed by atoms with E-state index in [-0.39, 0.29) is 5.91 Å². The smallest absolute Gasteiger partial charge is 0.255 e. The fourth-order valence-electron chi connectivity index (χ4n) is 3.35. The van der Waals surface area contributed by atoms with Gasteiger partial charge in [0.25, 0.3) is 5.91 Å². The van der Waals surface area contributed by atoms with Crippen molar-refractivity contribution in [3.8, 4) is 0 Å². The standard InChI is InChI=1S/C28H24N2O2/c1-32-28(30-26-10-6-3-7-11-26)24-18-14-22(15-19-24)20-21-12-16-23(17-13-21)27(31)29-25-8-4-2-5-9-25/h2-19H,20H2,1H3,(H,29,31)/b30-28-. The molecule has 0 aromatic heterocycles. The Bertz CT molecular complexity index is 1180. The van der Waals surface area contributed by atoms with Crippen molar-refractivity contribution in [2.45, 2.75) is 6.42 Å². The second-order valence-corrected chi connectivity index (χ2v) is 7.35. The summed E-state index contributed by atoms with van der Waals surface area (Å²) < 4.78 is 5.49. The van der Waals surface area contributed by atoms with Gasteiger partial charge in [0.2, 0.25) is 5.90 Å². The van der Waals surface area contributed by atoms with Crippen molar-refractivity contribution in [1.82, 2.24) is 0 Å². The number of nitrogens with one attached hydrogen (secondary N) is 1. The number of methoxy groups -OCH3 is 1. The van der Waals surface area contributed by atoms with Gasteiger partial charge in [-0.3, -0.25) is 4.79 Å². The molecule has 4 aromatic rings. The third-order valence-electron chi connectivity index (χ3n) is 5.04. The lowest BCUT2D eigenvalue weighted by atomic mass is 10.0. The summed E-state index contributed by atoms with van der Waals surface area (Å²) in [4.78, 5) is 17.0. The van der Waals surface area contributed by atoms with Crippen LogP contribution in [0.1, 0.15) is 27.0 Å². The summed E-state index contributed by atoms with van der Waals surface area (Å²) in [5.41, 5.74) is 5.50. The van der Waals surface area contributed by atoms with Crippen molar-refractivity contribution in [2.24, 2.45) is 4.99 Å². The van der Waals surface area contributed by atoms with E-state index in [2.05, 4.69) is 22.4 Å². The van der Waals surface area contributed by atoms with Crippen LogP contribution in [0, 0.1) is 0 Å². The van der Waals surface area contributed by atoms with E-state index in [0.29, 0.717) is 11.5 Å². The molecule has 4 nitrogen and oxygen atoms in total. The van der Waals surface area contributed by atoms with E-state index in [4.69, 9.17) is 4.74 Å². The highest BCUT2D eigenvalue weighted by molar-refractivity contribution is 6.04. The summed E-state index contributed by atoms with van der Waals surface area (Å²) in [7, 11) is 1.63. The summed E-state index contributed by atoms with van der Waals surface area (Å²) in [6.45, 7) is 0. The lowest BCUT2D eigenvalue weighted by molar-refractivity contribution is 0.102. The Hall–Kier alpha value is -4.18. The molecule has 0 aliphatic rings. The summed E-state index contributed by atoms with van der Waals surface area (Å²) in [6.07, 6.45) is 0.777. The van der Waals surface area contributed by atoms with Crippen molar-refractivity contribution in [3.63, 3.8) is 0 Å². The Labute approximate surface area is 188 Å². The molecule has 1 amide bonds. The van der Waals surface area contributed by atoms with Crippen LogP contribution in [-0.4, -0.2) is 18.9 Å². The Kier molecular flexibility index (Phi) is 6.73. The van der Waals surface area contributed by atoms with Gasteiger partial charge >= 0.3 is 0 Å². The van der Waals surface area contributed by atoms with E-state index in [1.54, 1.807) is 7.11 Å². The van der Waals surface area contributed by atoms with Crippen LogP contribution < -0.4 is 5.32 Å². The predicted octanol–water partition coefficient (Wildman–Crippen LogP) is 6.25. The molecule has 0 spiro atoms. The maximum atomic E-state index is 12.4. The fourth-order valence-corrected chi connectivity index (χ4v) is 3.35. The number of amides is 1. The minimum absolute atomic E-state index is 0.114. The molecule has 0 unspecified atom stereocenters. The van der Waals surface area contributed by atoms with Gasteiger partial charge in [-0.1, -0.05) is 60.7 Å². The minimum atomic E-state index is -0.114. The average molecular weight is 421 g/mol. The molecule has 1 N–H and O–H groups in total. The van der Waals surface area contributed by atoms with Crippen LogP contribution in [0.5, 0.6) is 0 Å². The molecule has 4 rings (SSSR count). The number of nitrogens with zero attached hydrogens (tertiary/aromatic N) is 1. The van der Waals surface area contributed by atoms with E-state index < -0.39 is 0 Å². The molecule has 0 radical (unpaired) electrons. The lowest BCUT2D eigenvalue weighted by Crippen LogP contribution is -2.11. The Morgan fingerprint density at radius 1 is 0.719 bits per heavy atom. The Morgan fingerprint density at radius 3 is 1.81 bits per heavy atom. The number of anilines is 1. The van der Waals surface area contributed by atoms with Gasteiger partial charge in [0.1, 0.15) is 0 Å². The van der Waals surface area contributed by atoms with Crippen molar-refractivity contribution >= 4 is 23.2 Å². The second-order valence-electron chi connectivity index (χ2n) is 7.35. The number of carbonyl (C=O) groups excluding carboxylic acids is 1. The molecule has 0 bridgehead atoms. The van der Waals surface area contributed by atoms with Crippen molar-refractivity contribution in [2.75, 3.05) is 12.4 Å². The van der Waals surface area contributed by atoms with E-state index in [9.17, 15) is 4.79 Å². The largest absolute Gasteiger partial charge is 0.481 e. The van der Waals surface area contributed by atoms with Gasteiger partial charge in [-0.2, -0.15) is 0 Å². The maximum absolute atomic E-state index is 12.4. The third kappa shape index (κ3) is 5.49. The highest BCUT2D eigenvalue weighted by Crippen LogP contribution is 2.17. The molecule has 0 aliphatic carbocycles. The molecule has 32 heavy (non-hydrogen) atoms. The number of rotatable bonds is 6. The first-order valence-corrected chi connectivity index (χ1v) is 10.4. The molecular weight excluding hydrogens is 396 g/mol. The van der Waals surface area contributed by atoms with Gasteiger partial charge in [-0.05, 0) is 66.1 Å². The van der Waals surface area contributed by atoms with Gasteiger partial charge in [-0.15, -0.1) is 0 Å². The van der Waals surface area contributed by atoms with Gasteiger partial charge in [-0.25, -0.2) is 4.99 Å². The molecule has 0 saturated heterocycles. The molecule has 0 heterocycles. The topological polar surface area (TPSA) is 50.7 Å². The quantitative estimate of drug-likeness (QED) is 0.296. The van der Waals surface area contributed by atoms with Crippen molar-refractivity contribution in [3.05, 3.63) is 131 Å². The zero-order valence-corrected chi connectivity index (χ0v) is 17.9. The summed E-state index contributed by atoms with van der Waals surface area (Å²) in [5, 5.41) is 2.90. The van der Waals surface area contributed by atoms with Crippen LogP contribution in [0.4, 0.5) is 11.4 Å². The number of carbonyl (C=O) groups is 1. The van der Waals surface area contributed by atoms with Crippen molar-refractivity contribution < 1.29 is 9.53 Å². The SMILES string of the molecule is CO/C(=N\c1ccccc1)c1ccc(Cc2ccc(C(=O)Nc3ccccc3)cc2)cc1. The predicted molar refractivity (Wildman–Crippen MR) is 130 cm³/mol. The summed E-state index contributed by atoms with van der Waals surface area (Å²) in [6, 6.07) is 35.1. The van der Waals surface area contributed by atoms with Gasteiger partial charge in [0, 0.05) is 16.8 Å². The first-order chi connectivity index (χ1) is 15.7.